The van der Waals surface area contributed by atoms with Crippen molar-refractivity contribution in [3.63, 3.8) is 0 Å². The second kappa shape index (κ2) is 6.24. The number of aromatic nitrogens is 1. The van der Waals surface area contributed by atoms with Crippen LogP contribution in [0.1, 0.15) is 52.7 Å². The average Bonchev–Trinajstić information content (AvgIpc) is 2.99. The van der Waals surface area contributed by atoms with Crippen molar-refractivity contribution in [1.82, 2.24) is 4.57 Å². The van der Waals surface area contributed by atoms with E-state index in [4.69, 9.17) is 0 Å². The number of hydrogen-bond acceptors (Lipinski definition) is 0. The molecule has 3 aromatic carbocycles. The Labute approximate surface area is 169 Å². The zero-order valence-corrected chi connectivity index (χ0v) is 18.2. The molecule has 1 nitrogen and oxygen atoms in total. The minimum absolute atomic E-state index is 0.112. The Morgan fingerprint density at radius 2 is 1.46 bits per heavy atom. The Hall–Kier alpha value is -2.54. The van der Waals surface area contributed by atoms with Gasteiger partial charge in [0.15, 0.2) is 0 Å². The van der Waals surface area contributed by atoms with Gasteiger partial charge in [0, 0.05) is 24.1 Å². The first-order chi connectivity index (χ1) is 13.1. The molecule has 0 N–H and O–H groups in total. The zero-order valence-electron chi connectivity index (χ0n) is 18.2. The largest absolute Gasteiger partial charge is 0.351 e. The zero-order chi connectivity index (χ0) is 20.3. The van der Waals surface area contributed by atoms with E-state index in [2.05, 4.69) is 114 Å². The lowest BCUT2D eigenvalue weighted by Gasteiger charge is -2.23. The van der Waals surface area contributed by atoms with E-state index in [0.717, 1.165) is 0 Å². The normalized spacial score (nSPS) is 12.8. The Morgan fingerprint density at radius 3 is 2.14 bits per heavy atom. The molecule has 4 aromatic rings. The van der Waals surface area contributed by atoms with Crippen molar-refractivity contribution in [3.8, 4) is 11.1 Å². The minimum Gasteiger partial charge on any atom is -0.351 e. The first-order valence-corrected chi connectivity index (χ1v) is 10.2. The summed E-state index contributed by atoms with van der Waals surface area (Å²) in [6, 6.07) is 20.6. The average molecular weight is 370 g/mol. The van der Waals surface area contributed by atoms with Crippen LogP contribution in [0.15, 0.2) is 60.8 Å². The monoisotopic (exact) mass is 369 g/mol. The highest BCUT2D eigenvalue weighted by atomic mass is 14.9. The molecule has 0 spiro atoms. The van der Waals surface area contributed by atoms with Gasteiger partial charge in [0.1, 0.15) is 0 Å². The summed E-state index contributed by atoms with van der Waals surface area (Å²) >= 11 is 0. The van der Waals surface area contributed by atoms with Crippen LogP contribution in [-0.2, 0) is 17.9 Å². The first-order valence-electron chi connectivity index (χ1n) is 10.2. The summed E-state index contributed by atoms with van der Waals surface area (Å²) in [4.78, 5) is 0. The Bertz CT molecular complexity index is 1180. The SMILES string of the molecule is Cn1ccc2c(-c3ccc4cccc(C(C)(C)C)c4c3)cc(C(C)(C)C)cc21. The quantitative estimate of drug-likeness (QED) is 0.325. The predicted octanol–water partition coefficient (Wildman–Crippen LogP) is 7.59. The molecule has 28 heavy (non-hydrogen) atoms. The summed E-state index contributed by atoms with van der Waals surface area (Å²) in [5.41, 5.74) is 6.93. The van der Waals surface area contributed by atoms with Crippen molar-refractivity contribution in [2.45, 2.75) is 52.4 Å². The molecular weight excluding hydrogens is 338 g/mol. The highest BCUT2D eigenvalue weighted by Gasteiger charge is 2.20. The van der Waals surface area contributed by atoms with Crippen LogP contribution in [-0.4, -0.2) is 4.57 Å². The highest BCUT2D eigenvalue weighted by Crippen LogP contribution is 2.38. The van der Waals surface area contributed by atoms with Gasteiger partial charge in [0.2, 0.25) is 0 Å². The Balaban J connectivity index is 2.04. The van der Waals surface area contributed by atoms with Gasteiger partial charge in [-0.2, -0.15) is 0 Å². The van der Waals surface area contributed by atoms with Crippen LogP contribution in [0.5, 0.6) is 0 Å². The van der Waals surface area contributed by atoms with E-state index < -0.39 is 0 Å². The lowest BCUT2D eigenvalue weighted by atomic mass is 9.82. The molecule has 0 saturated carbocycles. The minimum atomic E-state index is 0.112. The summed E-state index contributed by atoms with van der Waals surface area (Å²) in [6.45, 7) is 13.8. The summed E-state index contributed by atoms with van der Waals surface area (Å²) in [5, 5.41) is 3.99. The van der Waals surface area contributed by atoms with Gasteiger partial charge in [-0.15, -0.1) is 0 Å². The molecule has 1 heteroatoms. The molecule has 0 aliphatic heterocycles. The lowest BCUT2D eigenvalue weighted by Crippen LogP contribution is -2.12. The Morgan fingerprint density at radius 1 is 0.714 bits per heavy atom. The van der Waals surface area contributed by atoms with Crippen LogP contribution in [0.25, 0.3) is 32.8 Å². The molecule has 144 valence electrons. The Kier molecular flexibility index (Phi) is 4.19. The number of rotatable bonds is 1. The number of aryl methyl sites for hydroxylation is 1. The first kappa shape index (κ1) is 18.8. The van der Waals surface area contributed by atoms with E-state index >= 15 is 0 Å². The van der Waals surface area contributed by atoms with Crippen molar-refractivity contribution < 1.29 is 0 Å². The van der Waals surface area contributed by atoms with Crippen molar-refractivity contribution in [2.75, 3.05) is 0 Å². The van der Waals surface area contributed by atoms with Gasteiger partial charge in [0.05, 0.1) is 0 Å². The van der Waals surface area contributed by atoms with E-state index in [1.807, 2.05) is 0 Å². The molecular formula is C27H31N. The van der Waals surface area contributed by atoms with Crippen molar-refractivity contribution in [3.05, 3.63) is 71.9 Å². The fourth-order valence-electron chi connectivity index (χ4n) is 4.14. The molecule has 0 unspecified atom stereocenters. The maximum absolute atomic E-state index is 2.39. The number of benzene rings is 3. The molecule has 4 rings (SSSR count). The molecule has 0 fully saturated rings. The van der Waals surface area contributed by atoms with Gasteiger partial charge >= 0.3 is 0 Å². The van der Waals surface area contributed by atoms with E-state index in [9.17, 15) is 0 Å². The molecule has 0 radical (unpaired) electrons. The molecule has 0 aliphatic rings. The third-order valence-corrected chi connectivity index (χ3v) is 5.87. The van der Waals surface area contributed by atoms with Crippen molar-refractivity contribution in [2.24, 2.45) is 7.05 Å². The van der Waals surface area contributed by atoms with E-state index in [1.54, 1.807) is 0 Å². The third kappa shape index (κ3) is 3.13. The van der Waals surface area contributed by atoms with E-state index in [-0.39, 0.29) is 10.8 Å². The van der Waals surface area contributed by atoms with Crippen LogP contribution in [0.3, 0.4) is 0 Å². The van der Waals surface area contributed by atoms with E-state index in [1.165, 1.54) is 43.9 Å². The summed E-state index contributed by atoms with van der Waals surface area (Å²) < 4.78 is 2.23. The van der Waals surface area contributed by atoms with Crippen molar-refractivity contribution >= 4 is 21.7 Å². The standard InChI is InChI=1S/C27H31N/c1-26(2,3)20-16-22(21-13-14-28(7)25(21)17-20)19-12-11-18-9-8-10-24(23(18)15-19)27(4,5)6/h8-17H,1-7H3. The van der Waals surface area contributed by atoms with Gasteiger partial charge in [-0.05, 0) is 68.1 Å². The fourth-order valence-corrected chi connectivity index (χ4v) is 4.14. The van der Waals surface area contributed by atoms with Crippen LogP contribution in [0, 0.1) is 0 Å². The second-order valence-electron chi connectivity index (χ2n) is 10.1. The van der Waals surface area contributed by atoms with Gasteiger partial charge in [0.25, 0.3) is 0 Å². The number of fused-ring (bicyclic) bond motifs is 2. The summed E-state index contributed by atoms with van der Waals surface area (Å²) in [6.07, 6.45) is 2.17. The van der Waals surface area contributed by atoms with Crippen LogP contribution in [0.2, 0.25) is 0 Å². The van der Waals surface area contributed by atoms with Gasteiger partial charge in [-0.25, -0.2) is 0 Å². The molecule has 1 heterocycles. The molecule has 0 atom stereocenters. The van der Waals surface area contributed by atoms with E-state index in [0.29, 0.717) is 0 Å². The third-order valence-electron chi connectivity index (χ3n) is 5.87. The number of hydrogen-bond donors (Lipinski definition) is 0. The molecule has 1 aromatic heterocycles. The molecule has 0 aliphatic carbocycles. The molecule has 0 amide bonds. The van der Waals surface area contributed by atoms with Crippen LogP contribution < -0.4 is 0 Å². The van der Waals surface area contributed by atoms with Crippen molar-refractivity contribution in [1.29, 1.82) is 0 Å². The highest BCUT2D eigenvalue weighted by molar-refractivity contribution is 5.99. The van der Waals surface area contributed by atoms with Crippen LogP contribution in [0.4, 0.5) is 0 Å². The topological polar surface area (TPSA) is 4.93 Å². The fraction of sp³-hybridized carbons (Fsp3) is 0.333. The molecule has 0 bridgehead atoms. The van der Waals surface area contributed by atoms with Gasteiger partial charge in [-0.1, -0.05) is 71.9 Å². The van der Waals surface area contributed by atoms with Gasteiger partial charge < -0.3 is 4.57 Å². The maximum atomic E-state index is 2.39. The summed E-state index contributed by atoms with van der Waals surface area (Å²) in [5.74, 6) is 0. The number of nitrogens with zero attached hydrogens (tertiary/aromatic N) is 1. The lowest BCUT2D eigenvalue weighted by molar-refractivity contribution is 0.591. The summed E-state index contributed by atoms with van der Waals surface area (Å²) in [7, 11) is 2.14. The predicted molar refractivity (Wildman–Crippen MR) is 123 cm³/mol. The maximum Gasteiger partial charge on any atom is 0.0486 e. The van der Waals surface area contributed by atoms with Gasteiger partial charge in [-0.3, -0.25) is 0 Å². The van der Waals surface area contributed by atoms with Crippen LogP contribution >= 0.6 is 0 Å². The smallest absolute Gasteiger partial charge is 0.0486 e. The molecule has 0 saturated heterocycles. The second-order valence-corrected chi connectivity index (χ2v) is 10.1.